The van der Waals surface area contributed by atoms with Gasteiger partial charge in [-0.05, 0) is 18.4 Å². The molecule has 0 aliphatic rings. The SMILES string of the molecule is CSCCC(=O)Nc1ccccc1Cl. The van der Waals surface area contributed by atoms with E-state index in [1.807, 2.05) is 18.4 Å². The quantitative estimate of drug-likeness (QED) is 0.860. The Labute approximate surface area is 93.0 Å². The Balaban J connectivity index is 2.52. The molecule has 0 saturated heterocycles. The van der Waals surface area contributed by atoms with Crippen LogP contribution in [-0.2, 0) is 4.79 Å². The summed E-state index contributed by atoms with van der Waals surface area (Å²) in [5.74, 6) is 0.837. The molecule has 14 heavy (non-hydrogen) atoms. The van der Waals surface area contributed by atoms with E-state index in [1.165, 1.54) is 0 Å². The summed E-state index contributed by atoms with van der Waals surface area (Å²) in [6.07, 6.45) is 2.50. The predicted octanol–water partition coefficient (Wildman–Crippen LogP) is 3.03. The van der Waals surface area contributed by atoms with Crippen molar-refractivity contribution in [1.29, 1.82) is 0 Å². The number of rotatable bonds is 4. The van der Waals surface area contributed by atoms with Gasteiger partial charge in [0.05, 0.1) is 10.7 Å². The molecular weight excluding hydrogens is 218 g/mol. The highest BCUT2D eigenvalue weighted by Crippen LogP contribution is 2.20. The van der Waals surface area contributed by atoms with Crippen molar-refractivity contribution >= 4 is 35.0 Å². The zero-order chi connectivity index (χ0) is 10.4. The molecule has 0 spiro atoms. The molecular formula is C10H12ClNOS. The molecule has 1 N–H and O–H groups in total. The highest BCUT2D eigenvalue weighted by molar-refractivity contribution is 7.98. The third-order valence-corrected chi connectivity index (χ3v) is 2.62. The van der Waals surface area contributed by atoms with E-state index >= 15 is 0 Å². The lowest BCUT2D eigenvalue weighted by Gasteiger charge is -2.05. The molecule has 1 amide bonds. The van der Waals surface area contributed by atoms with Crippen LogP contribution in [0.4, 0.5) is 5.69 Å². The molecule has 0 unspecified atom stereocenters. The van der Waals surface area contributed by atoms with E-state index in [0.29, 0.717) is 17.1 Å². The molecule has 1 aromatic rings. The average Bonchev–Trinajstić information content (AvgIpc) is 2.18. The summed E-state index contributed by atoms with van der Waals surface area (Å²) in [5, 5.41) is 3.33. The molecule has 0 aliphatic heterocycles. The summed E-state index contributed by atoms with van der Waals surface area (Å²) in [7, 11) is 0. The van der Waals surface area contributed by atoms with Gasteiger partial charge in [0.15, 0.2) is 0 Å². The average molecular weight is 230 g/mol. The molecule has 4 heteroatoms. The molecule has 1 aromatic carbocycles. The van der Waals surface area contributed by atoms with Crippen LogP contribution in [0.5, 0.6) is 0 Å². The standard InChI is InChI=1S/C10H12ClNOS/c1-14-7-6-10(13)12-9-5-3-2-4-8(9)11/h2-5H,6-7H2,1H3,(H,12,13). The van der Waals surface area contributed by atoms with Crippen LogP contribution < -0.4 is 5.32 Å². The van der Waals surface area contributed by atoms with Gasteiger partial charge >= 0.3 is 0 Å². The first-order valence-corrected chi connectivity index (χ1v) is 6.04. The Morgan fingerprint density at radius 1 is 1.50 bits per heavy atom. The number of halogens is 1. The summed E-state index contributed by atoms with van der Waals surface area (Å²) < 4.78 is 0. The van der Waals surface area contributed by atoms with E-state index in [0.717, 1.165) is 5.75 Å². The smallest absolute Gasteiger partial charge is 0.225 e. The largest absolute Gasteiger partial charge is 0.325 e. The minimum absolute atomic E-state index is 0.00690. The van der Waals surface area contributed by atoms with Gasteiger partial charge in [0.2, 0.25) is 5.91 Å². The first kappa shape index (κ1) is 11.4. The normalized spacial score (nSPS) is 9.86. The van der Waals surface area contributed by atoms with Crippen molar-refractivity contribution in [1.82, 2.24) is 0 Å². The molecule has 76 valence electrons. The number of benzene rings is 1. The highest BCUT2D eigenvalue weighted by atomic mass is 35.5. The fourth-order valence-corrected chi connectivity index (χ4v) is 1.54. The number of para-hydroxylation sites is 1. The van der Waals surface area contributed by atoms with Gasteiger partial charge in [-0.25, -0.2) is 0 Å². The number of thioether (sulfide) groups is 1. The second kappa shape index (κ2) is 5.94. The minimum Gasteiger partial charge on any atom is -0.325 e. The number of carbonyl (C=O) groups excluding carboxylic acids is 1. The van der Waals surface area contributed by atoms with Gasteiger partial charge in [0.1, 0.15) is 0 Å². The van der Waals surface area contributed by atoms with Crippen LogP contribution in [-0.4, -0.2) is 17.9 Å². The molecule has 0 saturated carbocycles. The van der Waals surface area contributed by atoms with Gasteiger partial charge in [-0.3, -0.25) is 4.79 Å². The van der Waals surface area contributed by atoms with E-state index in [1.54, 1.807) is 23.9 Å². The van der Waals surface area contributed by atoms with Crippen molar-refractivity contribution in [2.45, 2.75) is 6.42 Å². The topological polar surface area (TPSA) is 29.1 Å². The minimum atomic E-state index is 0.00690. The third kappa shape index (κ3) is 3.60. The number of anilines is 1. The van der Waals surface area contributed by atoms with Gasteiger partial charge in [-0.1, -0.05) is 23.7 Å². The molecule has 0 bridgehead atoms. The van der Waals surface area contributed by atoms with E-state index in [4.69, 9.17) is 11.6 Å². The van der Waals surface area contributed by atoms with Gasteiger partial charge in [0, 0.05) is 12.2 Å². The van der Waals surface area contributed by atoms with Crippen LogP contribution >= 0.6 is 23.4 Å². The lowest BCUT2D eigenvalue weighted by Crippen LogP contribution is -2.12. The number of hydrogen-bond donors (Lipinski definition) is 1. The zero-order valence-corrected chi connectivity index (χ0v) is 9.49. The van der Waals surface area contributed by atoms with Crippen molar-refractivity contribution in [3.05, 3.63) is 29.3 Å². The fourth-order valence-electron chi connectivity index (χ4n) is 0.970. The molecule has 2 nitrogen and oxygen atoms in total. The predicted molar refractivity (Wildman–Crippen MR) is 63.1 cm³/mol. The summed E-state index contributed by atoms with van der Waals surface area (Å²) in [6, 6.07) is 7.22. The Morgan fingerprint density at radius 3 is 2.86 bits per heavy atom. The van der Waals surface area contributed by atoms with E-state index in [-0.39, 0.29) is 5.91 Å². The number of nitrogens with one attached hydrogen (secondary N) is 1. The van der Waals surface area contributed by atoms with Crippen molar-refractivity contribution in [3.8, 4) is 0 Å². The molecule has 0 atom stereocenters. The first-order chi connectivity index (χ1) is 6.74. The molecule has 0 heterocycles. The summed E-state index contributed by atoms with van der Waals surface area (Å²) in [6.45, 7) is 0. The van der Waals surface area contributed by atoms with Gasteiger partial charge < -0.3 is 5.32 Å². The first-order valence-electron chi connectivity index (χ1n) is 4.27. The van der Waals surface area contributed by atoms with Crippen LogP contribution in [0.2, 0.25) is 5.02 Å². The monoisotopic (exact) mass is 229 g/mol. The van der Waals surface area contributed by atoms with Gasteiger partial charge in [-0.15, -0.1) is 0 Å². The van der Waals surface area contributed by atoms with Crippen LogP contribution in [0.1, 0.15) is 6.42 Å². The summed E-state index contributed by atoms with van der Waals surface area (Å²) in [5.41, 5.74) is 0.681. The lowest BCUT2D eigenvalue weighted by molar-refractivity contribution is -0.115. The van der Waals surface area contributed by atoms with E-state index in [2.05, 4.69) is 5.32 Å². The molecule has 1 rings (SSSR count). The Hall–Kier alpha value is -0.670. The molecule has 0 aromatic heterocycles. The van der Waals surface area contributed by atoms with Gasteiger partial charge in [0.25, 0.3) is 0 Å². The van der Waals surface area contributed by atoms with E-state index < -0.39 is 0 Å². The maximum atomic E-state index is 11.3. The van der Waals surface area contributed by atoms with Gasteiger partial charge in [-0.2, -0.15) is 11.8 Å². The number of amides is 1. The number of hydrogen-bond acceptors (Lipinski definition) is 2. The van der Waals surface area contributed by atoms with Crippen molar-refractivity contribution < 1.29 is 4.79 Å². The Bertz CT molecular complexity index is 317. The highest BCUT2D eigenvalue weighted by Gasteiger charge is 2.03. The van der Waals surface area contributed by atoms with Crippen molar-refractivity contribution in [2.75, 3.05) is 17.3 Å². The maximum Gasteiger partial charge on any atom is 0.225 e. The van der Waals surface area contributed by atoms with Crippen LogP contribution in [0.15, 0.2) is 24.3 Å². The second-order valence-corrected chi connectivity index (χ2v) is 4.16. The van der Waals surface area contributed by atoms with Crippen LogP contribution in [0.3, 0.4) is 0 Å². The second-order valence-electron chi connectivity index (χ2n) is 2.77. The zero-order valence-electron chi connectivity index (χ0n) is 7.92. The summed E-state index contributed by atoms with van der Waals surface area (Å²) in [4.78, 5) is 11.3. The van der Waals surface area contributed by atoms with Crippen LogP contribution in [0.25, 0.3) is 0 Å². The van der Waals surface area contributed by atoms with Crippen molar-refractivity contribution in [3.63, 3.8) is 0 Å². The molecule has 0 radical (unpaired) electrons. The third-order valence-electron chi connectivity index (χ3n) is 1.68. The Morgan fingerprint density at radius 2 is 2.21 bits per heavy atom. The van der Waals surface area contributed by atoms with Crippen LogP contribution in [0, 0.1) is 0 Å². The molecule has 0 fully saturated rings. The lowest BCUT2D eigenvalue weighted by atomic mass is 10.3. The molecule has 0 aliphatic carbocycles. The maximum absolute atomic E-state index is 11.3. The Kier molecular flexibility index (Phi) is 4.84. The summed E-state index contributed by atoms with van der Waals surface area (Å²) >= 11 is 7.53. The van der Waals surface area contributed by atoms with E-state index in [9.17, 15) is 4.79 Å². The van der Waals surface area contributed by atoms with Crippen molar-refractivity contribution in [2.24, 2.45) is 0 Å². The fraction of sp³-hybridized carbons (Fsp3) is 0.300. The number of carbonyl (C=O) groups is 1.